The van der Waals surface area contributed by atoms with Crippen LogP contribution in [0, 0.1) is 24.0 Å². The number of nitrogens with zero attached hydrogens (tertiary/aromatic N) is 3. The number of ether oxygens (including phenoxy) is 1. The van der Waals surface area contributed by atoms with E-state index in [9.17, 15) is 29.6 Å². The summed E-state index contributed by atoms with van der Waals surface area (Å²) in [7, 11) is 0. The zero-order valence-electron chi connectivity index (χ0n) is 19.8. The number of Topliss-reactive ketones (excluding diaryl/α,β-unsaturated/α-hetero) is 1. The van der Waals surface area contributed by atoms with Crippen LogP contribution >= 0.6 is 11.3 Å². The molecule has 3 aromatic rings. The lowest BCUT2D eigenvalue weighted by Crippen LogP contribution is -2.29. The summed E-state index contributed by atoms with van der Waals surface area (Å²) < 4.78 is 5.08. The van der Waals surface area contributed by atoms with Crippen molar-refractivity contribution in [3.63, 3.8) is 0 Å². The third-order valence-corrected chi connectivity index (χ3v) is 6.81. The fourth-order valence-corrected chi connectivity index (χ4v) is 4.88. The van der Waals surface area contributed by atoms with E-state index in [-0.39, 0.29) is 39.1 Å². The number of aliphatic hydroxyl groups excluding tert-OH is 1. The molecule has 37 heavy (non-hydrogen) atoms. The first-order valence-electron chi connectivity index (χ1n) is 11.0. The Morgan fingerprint density at radius 1 is 1.24 bits per heavy atom. The molecule has 1 N–H and O–H groups in total. The van der Waals surface area contributed by atoms with Crippen LogP contribution < -0.4 is 4.90 Å². The summed E-state index contributed by atoms with van der Waals surface area (Å²) >= 11 is 0.836. The lowest BCUT2D eigenvalue weighted by molar-refractivity contribution is -0.384. The Hall–Kier alpha value is -4.64. The Bertz CT molecular complexity index is 1470. The van der Waals surface area contributed by atoms with Crippen molar-refractivity contribution in [2.24, 2.45) is 0 Å². The van der Waals surface area contributed by atoms with Crippen molar-refractivity contribution in [1.29, 1.82) is 0 Å². The van der Waals surface area contributed by atoms with Crippen LogP contribution in [0.5, 0.6) is 0 Å². The first-order chi connectivity index (χ1) is 17.6. The topological polar surface area (TPSA) is 140 Å². The number of esters is 1. The van der Waals surface area contributed by atoms with Crippen LogP contribution in [0.15, 0.2) is 66.8 Å². The number of non-ortho nitro benzene ring substituents is 1. The SMILES string of the molecule is C=CCOC(=O)c1sc(N2C(=O)C(=O)/C(=C(/O)c3ccc(C)cc3)C2c2cccc([N+](=O)[O-])c2)nc1C. The van der Waals surface area contributed by atoms with Gasteiger partial charge in [-0.2, -0.15) is 0 Å². The molecular formula is C26H21N3O7S. The van der Waals surface area contributed by atoms with E-state index in [1.54, 1.807) is 31.2 Å². The summed E-state index contributed by atoms with van der Waals surface area (Å²) in [5.74, 6) is -3.09. The number of thiazole rings is 1. The van der Waals surface area contributed by atoms with Gasteiger partial charge in [0, 0.05) is 17.7 Å². The van der Waals surface area contributed by atoms with Crippen LogP contribution in [0.2, 0.25) is 0 Å². The number of aliphatic hydroxyl groups is 1. The fourth-order valence-electron chi connectivity index (χ4n) is 3.90. The zero-order chi connectivity index (χ0) is 26.9. The molecule has 0 spiro atoms. The van der Waals surface area contributed by atoms with Crippen LogP contribution in [0.1, 0.15) is 38.1 Å². The van der Waals surface area contributed by atoms with Crippen molar-refractivity contribution < 1.29 is 29.2 Å². The number of nitro benzene ring substituents is 1. The van der Waals surface area contributed by atoms with Crippen LogP contribution in [0.3, 0.4) is 0 Å². The zero-order valence-corrected chi connectivity index (χ0v) is 20.7. The maximum atomic E-state index is 13.3. The predicted molar refractivity (Wildman–Crippen MR) is 136 cm³/mol. The number of aryl methyl sites for hydroxylation is 2. The highest BCUT2D eigenvalue weighted by Crippen LogP contribution is 2.44. The second-order valence-corrected chi connectivity index (χ2v) is 9.16. The Labute approximate surface area is 215 Å². The molecule has 1 amide bonds. The average Bonchev–Trinajstić information content (AvgIpc) is 3.39. The number of amides is 1. The van der Waals surface area contributed by atoms with E-state index in [4.69, 9.17) is 4.74 Å². The molecule has 1 unspecified atom stereocenters. The van der Waals surface area contributed by atoms with Gasteiger partial charge in [0.05, 0.1) is 22.2 Å². The number of rotatable bonds is 7. The quantitative estimate of drug-likeness (QED) is 0.0906. The lowest BCUT2D eigenvalue weighted by Gasteiger charge is -2.22. The number of carbonyl (C=O) groups excluding carboxylic acids is 3. The highest BCUT2D eigenvalue weighted by molar-refractivity contribution is 7.17. The van der Waals surface area contributed by atoms with Gasteiger partial charge in [-0.1, -0.05) is 66.0 Å². The maximum Gasteiger partial charge on any atom is 0.350 e. The Kier molecular flexibility index (Phi) is 6.98. The number of benzene rings is 2. The third-order valence-electron chi connectivity index (χ3n) is 5.68. The van der Waals surface area contributed by atoms with Crippen LogP contribution in [0.25, 0.3) is 5.76 Å². The van der Waals surface area contributed by atoms with Crippen LogP contribution in [0.4, 0.5) is 10.8 Å². The molecule has 188 valence electrons. The standard InChI is InChI=1S/C26H21N3O7S/c1-4-12-36-25(33)23-15(3)27-26(37-23)28-20(17-6-5-7-18(13-17)29(34)35)19(22(31)24(28)32)21(30)16-10-8-14(2)9-11-16/h4-11,13,20,30H,1,12H2,2-3H3/b21-19+. The van der Waals surface area contributed by atoms with Gasteiger partial charge in [-0.25, -0.2) is 9.78 Å². The molecule has 1 saturated heterocycles. The summed E-state index contributed by atoms with van der Waals surface area (Å²) in [5, 5.41) is 22.6. The minimum absolute atomic E-state index is 0.00427. The van der Waals surface area contributed by atoms with E-state index >= 15 is 0 Å². The van der Waals surface area contributed by atoms with Gasteiger partial charge < -0.3 is 9.84 Å². The number of hydrogen-bond acceptors (Lipinski definition) is 9. The fraction of sp³-hybridized carbons (Fsp3) is 0.154. The number of nitro groups is 1. The molecule has 0 saturated carbocycles. The lowest BCUT2D eigenvalue weighted by atomic mass is 9.95. The molecule has 1 fully saturated rings. The second-order valence-electron chi connectivity index (χ2n) is 8.19. The monoisotopic (exact) mass is 519 g/mol. The molecule has 2 heterocycles. The predicted octanol–water partition coefficient (Wildman–Crippen LogP) is 4.64. The van der Waals surface area contributed by atoms with Crippen LogP contribution in [-0.2, 0) is 14.3 Å². The van der Waals surface area contributed by atoms with E-state index in [1.807, 2.05) is 6.92 Å². The van der Waals surface area contributed by atoms with E-state index in [2.05, 4.69) is 11.6 Å². The number of aromatic nitrogens is 1. The highest BCUT2D eigenvalue weighted by atomic mass is 32.1. The molecule has 0 aliphatic carbocycles. The average molecular weight is 520 g/mol. The molecule has 4 rings (SSSR count). The van der Waals surface area contributed by atoms with Gasteiger partial charge in [0.15, 0.2) is 5.13 Å². The summed E-state index contributed by atoms with van der Waals surface area (Å²) in [4.78, 5) is 55.4. The van der Waals surface area contributed by atoms with E-state index in [1.165, 1.54) is 30.3 Å². The van der Waals surface area contributed by atoms with Crippen LogP contribution in [-0.4, -0.2) is 39.3 Å². The molecule has 1 aliphatic heterocycles. The molecule has 0 bridgehead atoms. The molecule has 11 heteroatoms. The van der Waals surface area contributed by atoms with Gasteiger partial charge in [0.1, 0.15) is 17.2 Å². The van der Waals surface area contributed by atoms with Crippen molar-refractivity contribution >= 4 is 45.6 Å². The first kappa shape index (κ1) is 25.5. The molecule has 2 aromatic carbocycles. The summed E-state index contributed by atoms with van der Waals surface area (Å²) in [6.07, 6.45) is 1.40. The van der Waals surface area contributed by atoms with Gasteiger partial charge in [-0.15, -0.1) is 0 Å². The molecule has 1 aliphatic rings. The summed E-state index contributed by atoms with van der Waals surface area (Å²) in [6.45, 7) is 6.88. The minimum atomic E-state index is -1.23. The minimum Gasteiger partial charge on any atom is -0.507 e. The smallest absolute Gasteiger partial charge is 0.350 e. The van der Waals surface area contributed by atoms with Gasteiger partial charge in [0.25, 0.3) is 11.5 Å². The van der Waals surface area contributed by atoms with Gasteiger partial charge >= 0.3 is 11.9 Å². The van der Waals surface area contributed by atoms with Gasteiger partial charge in [-0.05, 0) is 19.4 Å². The van der Waals surface area contributed by atoms with E-state index in [0.717, 1.165) is 21.8 Å². The highest BCUT2D eigenvalue weighted by Gasteiger charge is 2.48. The maximum absolute atomic E-state index is 13.3. The third kappa shape index (κ3) is 4.76. The van der Waals surface area contributed by atoms with E-state index in [0.29, 0.717) is 5.56 Å². The summed E-state index contributed by atoms with van der Waals surface area (Å²) in [6, 6.07) is 10.9. The number of anilines is 1. The molecule has 1 aromatic heterocycles. The van der Waals surface area contributed by atoms with Crippen molar-refractivity contribution in [3.8, 4) is 0 Å². The molecular weight excluding hydrogens is 498 g/mol. The second kappa shape index (κ2) is 10.2. The Morgan fingerprint density at radius 3 is 2.59 bits per heavy atom. The molecule has 0 radical (unpaired) electrons. The van der Waals surface area contributed by atoms with Gasteiger partial charge in [0.2, 0.25) is 0 Å². The molecule has 10 nitrogen and oxygen atoms in total. The van der Waals surface area contributed by atoms with Gasteiger partial charge in [-0.3, -0.25) is 24.6 Å². The number of carbonyl (C=O) groups is 3. The molecule has 1 atom stereocenters. The number of ketones is 1. The Balaban J connectivity index is 1.92. The first-order valence-corrected chi connectivity index (χ1v) is 11.8. The van der Waals surface area contributed by atoms with E-state index < -0.39 is 34.4 Å². The van der Waals surface area contributed by atoms with Crippen molar-refractivity contribution in [2.75, 3.05) is 11.5 Å². The Morgan fingerprint density at radius 2 is 1.95 bits per heavy atom. The largest absolute Gasteiger partial charge is 0.507 e. The summed E-state index contributed by atoms with van der Waals surface area (Å²) in [5.41, 5.74) is 1.18. The van der Waals surface area contributed by atoms with Crippen molar-refractivity contribution in [1.82, 2.24) is 4.98 Å². The normalized spacial score (nSPS) is 16.6. The van der Waals surface area contributed by atoms with Crippen molar-refractivity contribution in [3.05, 3.63) is 104 Å². The van der Waals surface area contributed by atoms with Crippen molar-refractivity contribution in [2.45, 2.75) is 19.9 Å². The number of hydrogen-bond donors (Lipinski definition) is 1.